The summed E-state index contributed by atoms with van der Waals surface area (Å²) in [5.74, 6) is -1.36. The van der Waals surface area contributed by atoms with Gasteiger partial charge >= 0.3 is 5.97 Å². The van der Waals surface area contributed by atoms with Crippen molar-refractivity contribution in [1.82, 2.24) is 4.31 Å². The number of nitrogens with one attached hydrogen (secondary N) is 1. The van der Waals surface area contributed by atoms with E-state index in [1.807, 2.05) is 6.92 Å². The first kappa shape index (κ1) is 22.4. The summed E-state index contributed by atoms with van der Waals surface area (Å²) in [5.41, 5.74) is 1.47. The molecule has 0 aliphatic carbocycles. The Morgan fingerprint density at radius 1 is 1.18 bits per heavy atom. The molecule has 0 bridgehead atoms. The molecule has 0 atom stereocenters. The first-order valence-electron chi connectivity index (χ1n) is 7.97. The number of amides is 1. The molecule has 0 fully saturated rings. The maximum atomic E-state index is 12.3. The molecule has 1 N–H and O–H groups in total. The van der Waals surface area contributed by atoms with Crippen LogP contribution in [0.15, 0.2) is 45.8 Å². The van der Waals surface area contributed by atoms with Gasteiger partial charge in [0.1, 0.15) is 4.90 Å². The quantitative estimate of drug-likeness (QED) is 0.627. The summed E-state index contributed by atoms with van der Waals surface area (Å²) in [6.45, 7) is 1.35. The zero-order valence-electron chi connectivity index (χ0n) is 15.3. The van der Waals surface area contributed by atoms with Gasteiger partial charge in [0, 0.05) is 24.3 Å². The third-order valence-corrected chi connectivity index (χ3v) is 6.89. The van der Waals surface area contributed by atoms with Crippen molar-refractivity contribution in [2.45, 2.75) is 11.8 Å². The number of hydrogen-bond donors (Lipinski definition) is 1. The van der Waals surface area contributed by atoms with E-state index in [0.29, 0.717) is 5.69 Å². The van der Waals surface area contributed by atoms with E-state index in [1.54, 1.807) is 18.2 Å². The van der Waals surface area contributed by atoms with Gasteiger partial charge in [-0.05, 0) is 48.9 Å². The number of rotatable bonds is 6. The first-order chi connectivity index (χ1) is 13.0. The number of aryl methyl sites for hydroxylation is 1. The molecule has 0 unspecified atom stereocenters. The number of nitrogens with zero attached hydrogens (tertiary/aromatic N) is 1. The molecular weight excluding hydrogens is 472 g/mol. The third-order valence-electron chi connectivity index (χ3n) is 3.70. The van der Waals surface area contributed by atoms with Gasteiger partial charge in [-0.25, -0.2) is 17.5 Å². The SMILES string of the molecule is Cc1cc(NC(=O)COC(=O)c2ccc(Cl)c(S(=O)(=O)N(C)C)c2)ccc1Br. The lowest BCUT2D eigenvalue weighted by Gasteiger charge is -2.13. The predicted octanol–water partition coefficient (Wildman–Crippen LogP) is 3.46. The minimum atomic E-state index is -3.83. The van der Waals surface area contributed by atoms with E-state index >= 15 is 0 Å². The van der Waals surface area contributed by atoms with Crippen molar-refractivity contribution in [2.75, 3.05) is 26.0 Å². The highest BCUT2D eigenvalue weighted by Gasteiger charge is 2.23. The van der Waals surface area contributed by atoms with Gasteiger partial charge in [-0.2, -0.15) is 0 Å². The number of hydrogen-bond acceptors (Lipinski definition) is 5. The van der Waals surface area contributed by atoms with Crippen LogP contribution in [0.1, 0.15) is 15.9 Å². The van der Waals surface area contributed by atoms with Crippen LogP contribution in [0.2, 0.25) is 5.02 Å². The van der Waals surface area contributed by atoms with Crippen molar-refractivity contribution >= 4 is 55.1 Å². The number of carbonyl (C=O) groups excluding carboxylic acids is 2. The minimum Gasteiger partial charge on any atom is -0.452 e. The summed E-state index contributed by atoms with van der Waals surface area (Å²) in [6, 6.07) is 9.00. The van der Waals surface area contributed by atoms with Gasteiger partial charge < -0.3 is 10.1 Å². The first-order valence-corrected chi connectivity index (χ1v) is 10.6. The Kier molecular flexibility index (Phi) is 7.22. The maximum Gasteiger partial charge on any atom is 0.338 e. The summed E-state index contributed by atoms with van der Waals surface area (Å²) in [7, 11) is -1.13. The fourth-order valence-electron chi connectivity index (χ4n) is 2.16. The Balaban J connectivity index is 2.07. The monoisotopic (exact) mass is 488 g/mol. The molecule has 0 heterocycles. The second-order valence-corrected chi connectivity index (χ2v) is 9.40. The van der Waals surface area contributed by atoms with Crippen molar-refractivity contribution in [3.05, 3.63) is 57.0 Å². The second-order valence-electron chi connectivity index (χ2n) is 6.02. The van der Waals surface area contributed by atoms with Gasteiger partial charge in [-0.1, -0.05) is 27.5 Å². The molecule has 0 spiro atoms. The van der Waals surface area contributed by atoms with E-state index in [4.69, 9.17) is 16.3 Å². The molecule has 1 amide bonds. The zero-order valence-corrected chi connectivity index (χ0v) is 18.5. The van der Waals surface area contributed by atoms with Crippen molar-refractivity contribution in [1.29, 1.82) is 0 Å². The molecule has 7 nitrogen and oxygen atoms in total. The predicted molar refractivity (Wildman–Crippen MR) is 110 cm³/mol. The molecule has 0 aliphatic heterocycles. The Bertz CT molecular complexity index is 1020. The van der Waals surface area contributed by atoms with E-state index in [2.05, 4.69) is 21.2 Å². The van der Waals surface area contributed by atoms with Crippen LogP contribution in [0.25, 0.3) is 0 Å². The van der Waals surface area contributed by atoms with Crippen LogP contribution >= 0.6 is 27.5 Å². The molecule has 0 aromatic heterocycles. The normalized spacial score (nSPS) is 11.4. The topological polar surface area (TPSA) is 92.8 Å². The van der Waals surface area contributed by atoms with Gasteiger partial charge in [0.15, 0.2) is 6.61 Å². The van der Waals surface area contributed by atoms with E-state index in [1.165, 1.54) is 26.2 Å². The number of anilines is 1. The maximum absolute atomic E-state index is 12.3. The summed E-state index contributed by atoms with van der Waals surface area (Å²) in [5, 5.41) is 2.60. The average Bonchev–Trinajstić information content (AvgIpc) is 2.63. The minimum absolute atomic E-state index is 0.0198. The Hall–Kier alpha value is -1.94. The Morgan fingerprint density at radius 2 is 1.86 bits per heavy atom. The lowest BCUT2D eigenvalue weighted by Crippen LogP contribution is -2.23. The standard InChI is InChI=1S/C18H18BrClN2O5S/c1-11-8-13(5-6-14(11)19)21-17(23)10-27-18(24)12-4-7-15(20)16(9-12)28(25,26)22(2)3/h4-9H,10H2,1-3H3,(H,21,23). The summed E-state index contributed by atoms with van der Waals surface area (Å²) in [4.78, 5) is 24.0. The molecule has 0 saturated carbocycles. The van der Waals surface area contributed by atoms with Crippen LogP contribution in [0.4, 0.5) is 5.69 Å². The highest BCUT2D eigenvalue weighted by Crippen LogP contribution is 2.25. The molecule has 0 saturated heterocycles. The third kappa shape index (κ3) is 5.32. The fourth-order valence-corrected chi connectivity index (χ4v) is 3.80. The van der Waals surface area contributed by atoms with Crippen LogP contribution < -0.4 is 5.32 Å². The van der Waals surface area contributed by atoms with Crippen LogP contribution in [-0.2, 0) is 19.6 Å². The highest BCUT2D eigenvalue weighted by atomic mass is 79.9. The molecule has 2 aromatic rings. The van der Waals surface area contributed by atoms with Crippen molar-refractivity contribution in [2.24, 2.45) is 0 Å². The van der Waals surface area contributed by atoms with Gasteiger partial charge in [-0.3, -0.25) is 4.79 Å². The van der Waals surface area contributed by atoms with Gasteiger partial charge in [0.2, 0.25) is 10.0 Å². The highest BCUT2D eigenvalue weighted by molar-refractivity contribution is 9.10. The number of sulfonamides is 1. The number of carbonyl (C=O) groups is 2. The average molecular weight is 490 g/mol. The Labute approximate surface area is 176 Å². The summed E-state index contributed by atoms with van der Waals surface area (Å²) in [6.07, 6.45) is 0. The fraction of sp³-hybridized carbons (Fsp3) is 0.222. The summed E-state index contributed by atoms with van der Waals surface area (Å²) < 4.78 is 31.4. The molecule has 0 aliphatic rings. The van der Waals surface area contributed by atoms with Crippen LogP contribution in [-0.4, -0.2) is 45.3 Å². The second kappa shape index (κ2) is 9.04. The van der Waals surface area contributed by atoms with Gasteiger partial charge in [0.05, 0.1) is 10.6 Å². The largest absolute Gasteiger partial charge is 0.452 e. The van der Waals surface area contributed by atoms with E-state index < -0.39 is 28.5 Å². The van der Waals surface area contributed by atoms with E-state index in [0.717, 1.165) is 20.4 Å². The van der Waals surface area contributed by atoms with Crippen LogP contribution in [0, 0.1) is 6.92 Å². The van der Waals surface area contributed by atoms with E-state index in [9.17, 15) is 18.0 Å². The van der Waals surface area contributed by atoms with Crippen molar-refractivity contribution in [3.63, 3.8) is 0 Å². The van der Waals surface area contributed by atoms with Crippen molar-refractivity contribution in [3.8, 4) is 0 Å². The lowest BCUT2D eigenvalue weighted by molar-refractivity contribution is -0.119. The van der Waals surface area contributed by atoms with Gasteiger partial charge in [0.25, 0.3) is 5.91 Å². The number of ether oxygens (including phenoxy) is 1. The number of halogens is 2. The molecule has 150 valence electrons. The van der Waals surface area contributed by atoms with Crippen LogP contribution in [0.5, 0.6) is 0 Å². The smallest absolute Gasteiger partial charge is 0.338 e. The molecule has 28 heavy (non-hydrogen) atoms. The number of benzene rings is 2. The molecule has 0 radical (unpaired) electrons. The number of esters is 1. The zero-order chi connectivity index (χ0) is 21.1. The van der Waals surface area contributed by atoms with E-state index in [-0.39, 0.29) is 15.5 Å². The molecule has 2 aromatic carbocycles. The lowest BCUT2D eigenvalue weighted by atomic mass is 10.2. The summed E-state index contributed by atoms with van der Waals surface area (Å²) >= 11 is 9.31. The Morgan fingerprint density at radius 3 is 2.46 bits per heavy atom. The van der Waals surface area contributed by atoms with Gasteiger partial charge in [-0.15, -0.1) is 0 Å². The molecule has 2 rings (SSSR count). The molecule has 10 heteroatoms. The molecular formula is C18H18BrClN2O5S. The van der Waals surface area contributed by atoms with Crippen LogP contribution in [0.3, 0.4) is 0 Å². The van der Waals surface area contributed by atoms with Crippen molar-refractivity contribution < 1.29 is 22.7 Å².